The number of hydrogen-bond donors (Lipinski definition) is 2. The predicted molar refractivity (Wildman–Crippen MR) is 33.1 cm³/mol. The van der Waals surface area contributed by atoms with Crippen molar-refractivity contribution in [3.8, 4) is 0 Å². The van der Waals surface area contributed by atoms with E-state index in [0.717, 1.165) is 0 Å². The third-order valence-corrected chi connectivity index (χ3v) is 1.15. The summed E-state index contributed by atoms with van der Waals surface area (Å²) < 4.78 is 0. The van der Waals surface area contributed by atoms with Crippen LogP contribution in [0, 0.1) is 0 Å². The summed E-state index contributed by atoms with van der Waals surface area (Å²) in [4.78, 5) is 0. The van der Waals surface area contributed by atoms with E-state index in [9.17, 15) is 0 Å². The molecule has 0 radical (unpaired) electrons. The van der Waals surface area contributed by atoms with Crippen molar-refractivity contribution in [1.29, 1.82) is 0 Å². The number of hydrogen-bond acceptors (Lipinski definition) is 2. The van der Waals surface area contributed by atoms with Gasteiger partial charge in [-0.3, -0.25) is 5.84 Å². The van der Waals surface area contributed by atoms with Gasteiger partial charge in [0.25, 0.3) is 0 Å². The predicted octanol–water partition coefficient (Wildman–Crippen LogP) is 1.12. The van der Waals surface area contributed by atoms with Crippen LogP contribution in [-0.2, 0) is 0 Å². The first-order chi connectivity index (χ1) is 2.56. The van der Waals surface area contributed by atoms with Gasteiger partial charge in [0, 0.05) is 0 Å². The highest BCUT2D eigenvalue weighted by atomic mass is 35.9. The van der Waals surface area contributed by atoms with E-state index >= 15 is 0 Å². The first-order valence-corrected chi connectivity index (χ1v) is 4.95. The van der Waals surface area contributed by atoms with Gasteiger partial charge >= 0.3 is 0 Å². The quantitative estimate of drug-likeness (QED) is 0.331. The highest BCUT2D eigenvalue weighted by Gasteiger charge is 1.95. The van der Waals surface area contributed by atoms with E-state index in [-0.39, 0.29) is 0 Å². The molecule has 0 fully saturated rings. The third-order valence-electron chi connectivity index (χ3n) is 0.189. The molecule has 0 spiro atoms. The topological polar surface area (TPSA) is 38.0 Å². The van der Waals surface area contributed by atoms with Crippen LogP contribution in [0.1, 0.15) is 0 Å². The van der Waals surface area contributed by atoms with Gasteiger partial charge in [0.05, 0.1) is 0 Å². The summed E-state index contributed by atoms with van der Waals surface area (Å²) in [7, 11) is 0. The van der Waals surface area contributed by atoms with Crippen LogP contribution in [0.4, 0.5) is 0 Å². The Kier molecular flexibility index (Phi) is 2.49. The van der Waals surface area contributed by atoms with E-state index in [1.165, 1.54) is 0 Å². The molecular formula is CH5Cl2N2P. The van der Waals surface area contributed by atoms with Crippen molar-refractivity contribution in [1.82, 2.24) is 5.20 Å². The fraction of sp³-hybridized carbons (Fsp3) is 0. The molecule has 2 nitrogen and oxygen atoms in total. The summed E-state index contributed by atoms with van der Waals surface area (Å²) in [5, 5.41) is 2.14. The molecule has 0 unspecified atom stereocenters. The van der Waals surface area contributed by atoms with Gasteiger partial charge < -0.3 is 0 Å². The minimum atomic E-state index is -2.17. The first kappa shape index (κ1) is 6.80. The summed E-state index contributed by atoms with van der Waals surface area (Å²) in [6, 6.07) is 0. The van der Waals surface area contributed by atoms with Gasteiger partial charge in [0.2, 0.25) is 0 Å². The van der Waals surface area contributed by atoms with Gasteiger partial charge in [-0.1, -0.05) is 28.8 Å². The maximum Gasteiger partial charge on any atom is 0.126 e. The Morgan fingerprint density at radius 3 is 1.83 bits per heavy atom. The lowest BCUT2D eigenvalue weighted by Gasteiger charge is -2.00. The normalized spacial score (nSPS) is 11.8. The van der Waals surface area contributed by atoms with Crippen LogP contribution < -0.4 is 11.0 Å². The zero-order valence-corrected chi connectivity index (χ0v) is 5.39. The minimum absolute atomic E-state index is 2.14. The second kappa shape index (κ2) is 2.20. The number of nitrogens with two attached hydrogens (primary N) is 1. The third kappa shape index (κ3) is 4.80. The molecular weight excluding hydrogens is 142 g/mol. The molecule has 0 amide bonds. The van der Waals surface area contributed by atoms with Crippen molar-refractivity contribution in [3.63, 3.8) is 0 Å². The summed E-state index contributed by atoms with van der Waals surface area (Å²) in [5.41, 5.74) is 0. The van der Waals surface area contributed by atoms with Crippen LogP contribution in [-0.4, -0.2) is 6.30 Å². The molecule has 0 saturated carbocycles. The molecule has 0 rings (SSSR count). The van der Waals surface area contributed by atoms with Gasteiger partial charge in [-0.15, -0.1) is 0 Å². The van der Waals surface area contributed by atoms with E-state index in [2.05, 4.69) is 11.5 Å². The average Bonchev–Trinajstić information content (AvgIpc) is 1.35. The SMILES string of the molecule is C=P(Cl)(Cl)NN. The average molecular weight is 147 g/mol. The molecule has 0 heterocycles. The number of hydrazine groups is 1. The number of rotatable bonds is 1. The van der Waals surface area contributed by atoms with Gasteiger partial charge in [-0.25, -0.2) is 5.20 Å². The van der Waals surface area contributed by atoms with E-state index in [1.54, 1.807) is 0 Å². The van der Waals surface area contributed by atoms with Crippen LogP contribution >= 0.6 is 28.2 Å². The van der Waals surface area contributed by atoms with Crippen LogP contribution in [0.25, 0.3) is 0 Å². The molecule has 38 valence electrons. The number of halogens is 2. The molecule has 0 saturated heterocycles. The smallest absolute Gasteiger partial charge is 0.126 e. The van der Waals surface area contributed by atoms with Crippen molar-refractivity contribution >= 4 is 34.5 Å². The zero-order valence-electron chi connectivity index (χ0n) is 2.99. The summed E-state index contributed by atoms with van der Waals surface area (Å²) >= 11 is 10.5. The van der Waals surface area contributed by atoms with Crippen LogP contribution in [0.5, 0.6) is 0 Å². The van der Waals surface area contributed by atoms with Crippen molar-refractivity contribution in [3.05, 3.63) is 0 Å². The maximum atomic E-state index is 5.25. The molecule has 0 aliphatic carbocycles. The zero-order chi connectivity index (χ0) is 5.21. The van der Waals surface area contributed by atoms with E-state index in [1.807, 2.05) is 0 Å². The lowest BCUT2D eigenvalue weighted by atomic mass is 12.0. The molecule has 0 bridgehead atoms. The number of nitrogens with one attached hydrogen (secondary N) is 1. The standard InChI is InChI=1S/CH5Cl2N2P/c1-6(2,3)5-4/h5H,1,4H2. The molecule has 0 aliphatic rings. The summed E-state index contributed by atoms with van der Waals surface area (Å²) in [6.45, 7) is 0. The van der Waals surface area contributed by atoms with Gasteiger partial charge in [0.1, 0.15) is 5.74 Å². The second-order valence-corrected chi connectivity index (χ2v) is 6.26. The monoisotopic (exact) mass is 146 g/mol. The van der Waals surface area contributed by atoms with Crippen LogP contribution in [0.2, 0.25) is 0 Å². The van der Waals surface area contributed by atoms with E-state index in [0.29, 0.717) is 0 Å². The Balaban J connectivity index is 3.48. The summed E-state index contributed by atoms with van der Waals surface area (Å²) in [6.07, 6.45) is 3.29. The van der Waals surface area contributed by atoms with Gasteiger partial charge in [-0.05, 0) is 0 Å². The lowest BCUT2D eigenvalue weighted by Crippen LogP contribution is -2.12. The Hall–Kier alpha value is 0.800. The molecule has 6 heavy (non-hydrogen) atoms. The summed E-state index contributed by atoms with van der Waals surface area (Å²) in [5.74, 6) is 2.60. The minimum Gasteiger partial charge on any atom is -0.266 e. The van der Waals surface area contributed by atoms with Crippen molar-refractivity contribution in [2.45, 2.75) is 0 Å². The molecule has 0 aromatic heterocycles. The van der Waals surface area contributed by atoms with Gasteiger partial charge in [-0.2, -0.15) is 0 Å². The van der Waals surface area contributed by atoms with Crippen molar-refractivity contribution < 1.29 is 0 Å². The van der Waals surface area contributed by atoms with Crippen molar-refractivity contribution in [2.24, 2.45) is 5.84 Å². The molecule has 5 heteroatoms. The molecule has 0 aromatic carbocycles. The fourth-order valence-electron chi connectivity index (χ4n) is 0. The fourth-order valence-corrected chi connectivity index (χ4v) is 0. The molecule has 0 atom stereocenters. The van der Waals surface area contributed by atoms with E-state index < -0.39 is 5.74 Å². The first-order valence-electron chi connectivity index (χ1n) is 1.17. The highest BCUT2D eigenvalue weighted by Crippen LogP contribution is 2.49. The molecule has 0 aromatic rings. The highest BCUT2D eigenvalue weighted by molar-refractivity contribution is 8.13. The molecule has 0 aliphatic heterocycles. The van der Waals surface area contributed by atoms with Crippen LogP contribution in [0.3, 0.4) is 0 Å². The van der Waals surface area contributed by atoms with Gasteiger partial charge in [0.15, 0.2) is 0 Å². The van der Waals surface area contributed by atoms with Crippen LogP contribution in [0.15, 0.2) is 0 Å². The maximum absolute atomic E-state index is 5.25. The largest absolute Gasteiger partial charge is 0.266 e. The lowest BCUT2D eigenvalue weighted by molar-refractivity contribution is 1.11. The van der Waals surface area contributed by atoms with E-state index in [4.69, 9.17) is 28.3 Å². The Bertz CT molecular complexity index is 75.6. The second-order valence-electron chi connectivity index (χ2n) is 0.759. The van der Waals surface area contributed by atoms with Crippen molar-refractivity contribution in [2.75, 3.05) is 0 Å². The molecule has 3 N–H and O–H groups in total. The Labute approximate surface area is 46.2 Å². The Morgan fingerprint density at radius 2 is 1.83 bits per heavy atom. The Morgan fingerprint density at radius 1 is 1.67 bits per heavy atom.